The minimum Gasteiger partial charge on any atom is -0.478 e. The van der Waals surface area contributed by atoms with Crippen LogP contribution < -0.4 is 4.90 Å². The van der Waals surface area contributed by atoms with Crippen LogP contribution in [0.1, 0.15) is 21.5 Å². The molecule has 3 rings (SSSR count). The highest BCUT2D eigenvalue weighted by atomic mass is 16.4. The summed E-state index contributed by atoms with van der Waals surface area (Å²) in [6, 6.07) is 15.6. The summed E-state index contributed by atoms with van der Waals surface area (Å²) in [5.41, 5.74) is 4.05. The lowest BCUT2D eigenvalue weighted by molar-refractivity contribution is 0.0697. The molecule has 96 valence electrons. The Hall–Kier alpha value is -2.29. The van der Waals surface area contributed by atoms with Crippen LogP contribution in [0.5, 0.6) is 0 Å². The summed E-state index contributed by atoms with van der Waals surface area (Å²) in [4.78, 5) is 13.2. The van der Waals surface area contributed by atoms with E-state index in [4.69, 9.17) is 5.11 Å². The number of carboxylic acid groups (broad SMARTS) is 1. The Morgan fingerprint density at radius 2 is 1.84 bits per heavy atom. The second-order valence-corrected chi connectivity index (χ2v) is 4.80. The molecule has 0 saturated heterocycles. The second-order valence-electron chi connectivity index (χ2n) is 4.80. The van der Waals surface area contributed by atoms with Crippen molar-refractivity contribution in [2.24, 2.45) is 0 Å². The van der Waals surface area contributed by atoms with Crippen LogP contribution >= 0.6 is 0 Å². The third kappa shape index (κ3) is 2.32. The van der Waals surface area contributed by atoms with Crippen molar-refractivity contribution >= 4 is 11.7 Å². The van der Waals surface area contributed by atoms with Crippen molar-refractivity contribution in [2.75, 3.05) is 11.4 Å². The predicted molar refractivity (Wildman–Crippen MR) is 74.6 cm³/mol. The fourth-order valence-electron chi connectivity index (χ4n) is 2.55. The molecule has 1 aliphatic heterocycles. The van der Waals surface area contributed by atoms with E-state index in [0.29, 0.717) is 5.56 Å². The first kappa shape index (κ1) is 11.8. The smallest absolute Gasteiger partial charge is 0.335 e. The summed E-state index contributed by atoms with van der Waals surface area (Å²) >= 11 is 0. The molecular formula is C16H15NO2. The molecule has 0 atom stereocenters. The number of carbonyl (C=O) groups is 1. The maximum atomic E-state index is 11.0. The number of anilines is 1. The number of fused-ring (bicyclic) bond motifs is 1. The molecule has 0 radical (unpaired) electrons. The SMILES string of the molecule is O=C(O)c1cccc(N2CCc3ccccc3C2)c1. The van der Waals surface area contributed by atoms with Gasteiger partial charge in [-0.05, 0) is 35.7 Å². The summed E-state index contributed by atoms with van der Waals surface area (Å²) in [6.07, 6.45) is 1.01. The van der Waals surface area contributed by atoms with Crippen LogP contribution in [0.4, 0.5) is 5.69 Å². The first-order chi connectivity index (χ1) is 9.24. The van der Waals surface area contributed by atoms with E-state index in [0.717, 1.165) is 25.2 Å². The lowest BCUT2D eigenvalue weighted by Gasteiger charge is -2.30. The van der Waals surface area contributed by atoms with Gasteiger partial charge in [0.15, 0.2) is 0 Å². The molecule has 1 aliphatic rings. The van der Waals surface area contributed by atoms with E-state index in [2.05, 4.69) is 29.2 Å². The van der Waals surface area contributed by atoms with E-state index in [1.54, 1.807) is 18.2 Å². The second kappa shape index (κ2) is 4.76. The van der Waals surface area contributed by atoms with E-state index >= 15 is 0 Å². The molecule has 2 aromatic rings. The first-order valence-corrected chi connectivity index (χ1v) is 6.39. The largest absolute Gasteiger partial charge is 0.478 e. The Kier molecular flexibility index (Phi) is 2.95. The van der Waals surface area contributed by atoms with Crippen molar-refractivity contribution in [1.82, 2.24) is 0 Å². The van der Waals surface area contributed by atoms with Crippen LogP contribution in [-0.4, -0.2) is 17.6 Å². The summed E-state index contributed by atoms with van der Waals surface area (Å²) < 4.78 is 0. The minimum absolute atomic E-state index is 0.344. The summed E-state index contributed by atoms with van der Waals surface area (Å²) in [6.45, 7) is 1.78. The molecule has 1 N–H and O–H groups in total. The summed E-state index contributed by atoms with van der Waals surface area (Å²) in [5.74, 6) is -0.876. The maximum absolute atomic E-state index is 11.0. The van der Waals surface area contributed by atoms with Crippen LogP contribution in [0.15, 0.2) is 48.5 Å². The third-order valence-corrected chi connectivity index (χ3v) is 3.59. The van der Waals surface area contributed by atoms with Gasteiger partial charge in [-0.2, -0.15) is 0 Å². The van der Waals surface area contributed by atoms with Crippen molar-refractivity contribution in [2.45, 2.75) is 13.0 Å². The average molecular weight is 253 g/mol. The van der Waals surface area contributed by atoms with Gasteiger partial charge in [0.05, 0.1) is 5.56 Å². The molecule has 1 heterocycles. The normalized spacial score (nSPS) is 14.0. The fourth-order valence-corrected chi connectivity index (χ4v) is 2.55. The third-order valence-electron chi connectivity index (χ3n) is 3.59. The van der Waals surface area contributed by atoms with Gasteiger partial charge in [-0.15, -0.1) is 0 Å². The van der Waals surface area contributed by atoms with Crippen LogP contribution in [0.2, 0.25) is 0 Å². The Labute approximate surface area is 112 Å². The summed E-state index contributed by atoms with van der Waals surface area (Å²) in [5, 5.41) is 9.05. The number of carboxylic acids is 1. The molecule has 0 aliphatic carbocycles. The molecule has 0 aromatic heterocycles. The molecule has 0 spiro atoms. The molecular weight excluding hydrogens is 238 g/mol. The van der Waals surface area contributed by atoms with Gasteiger partial charge in [0.25, 0.3) is 0 Å². The molecule has 19 heavy (non-hydrogen) atoms. The topological polar surface area (TPSA) is 40.5 Å². The van der Waals surface area contributed by atoms with Crippen LogP contribution in [-0.2, 0) is 13.0 Å². The molecule has 3 nitrogen and oxygen atoms in total. The zero-order valence-electron chi connectivity index (χ0n) is 10.5. The lowest BCUT2D eigenvalue weighted by Crippen LogP contribution is -2.30. The van der Waals surface area contributed by atoms with Crippen molar-refractivity contribution < 1.29 is 9.90 Å². The number of hydrogen-bond acceptors (Lipinski definition) is 2. The predicted octanol–water partition coefficient (Wildman–Crippen LogP) is 2.95. The van der Waals surface area contributed by atoms with Gasteiger partial charge in [0.2, 0.25) is 0 Å². The molecule has 0 unspecified atom stereocenters. The standard InChI is InChI=1S/C16H15NO2/c18-16(19)13-6-3-7-15(10-13)17-9-8-12-4-1-2-5-14(12)11-17/h1-7,10H,8-9,11H2,(H,18,19). The molecule has 0 bridgehead atoms. The van der Waals surface area contributed by atoms with E-state index in [9.17, 15) is 4.79 Å². The van der Waals surface area contributed by atoms with Crippen molar-refractivity contribution in [3.05, 3.63) is 65.2 Å². The molecule has 0 saturated carbocycles. The van der Waals surface area contributed by atoms with E-state index in [1.807, 2.05) is 6.07 Å². The molecule has 3 heteroatoms. The van der Waals surface area contributed by atoms with Gasteiger partial charge in [0.1, 0.15) is 0 Å². The van der Waals surface area contributed by atoms with Crippen molar-refractivity contribution in [3.8, 4) is 0 Å². The highest BCUT2D eigenvalue weighted by Gasteiger charge is 2.16. The lowest BCUT2D eigenvalue weighted by atomic mass is 9.99. The van der Waals surface area contributed by atoms with E-state index in [1.165, 1.54) is 11.1 Å². The van der Waals surface area contributed by atoms with Crippen LogP contribution in [0, 0.1) is 0 Å². The first-order valence-electron chi connectivity index (χ1n) is 6.39. The monoisotopic (exact) mass is 253 g/mol. The number of aromatic carboxylic acids is 1. The minimum atomic E-state index is -0.876. The Balaban J connectivity index is 1.89. The highest BCUT2D eigenvalue weighted by molar-refractivity contribution is 5.88. The Bertz CT molecular complexity index is 622. The Morgan fingerprint density at radius 1 is 1.05 bits per heavy atom. The van der Waals surface area contributed by atoms with Gasteiger partial charge >= 0.3 is 5.97 Å². The quantitative estimate of drug-likeness (QED) is 0.894. The van der Waals surface area contributed by atoms with Gasteiger partial charge in [-0.3, -0.25) is 0 Å². The molecule has 0 fully saturated rings. The number of nitrogens with zero attached hydrogens (tertiary/aromatic N) is 1. The number of rotatable bonds is 2. The van der Waals surface area contributed by atoms with E-state index < -0.39 is 5.97 Å². The highest BCUT2D eigenvalue weighted by Crippen LogP contribution is 2.24. The Morgan fingerprint density at radius 3 is 2.63 bits per heavy atom. The van der Waals surface area contributed by atoms with Gasteiger partial charge in [-0.25, -0.2) is 4.79 Å². The molecule has 2 aromatic carbocycles. The van der Waals surface area contributed by atoms with Gasteiger partial charge in [-0.1, -0.05) is 30.3 Å². The number of benzene rings is 2. The number of hydrogen-bond donors (Lipinski definition) is 1. The zero-order chi connectivity index (χ0) is 13.2. The zero-order valence-corrected chi connectivity index (χ0v) is 10.5. The summed E-state index contributed by atoms with van der Waals surface area (Å²) in [7, 11) is 0. The molecule has 0 amide bonds. The van der Waals surface area contributed by atoms with E-state index in [-0.39, 0.29) is 0 Å². The van der Waals surface area contributed by atoms with Crippen LogP contribution in [0.25, 0.3) is 0 Å². The van der Waals surface area contributed by atoms with Gasteiger partial charge in [0, 0.05) is 18.8 Å². The van der Waals surface area contributed by atoms with Crippen molar-refractivity contribution in [3.63, 3.8) is 0 Å². The van der Waals surface area contributed by atoms with Gasteiger partial charge < -0.3 is 10.0 Å². The fraction of sp³-hybridized carbons (Fsp3) is 0.188. The maximum Gasteiger partial charge on any atom is 0.335 e. The average Bonchev–Trinajstić information content (AvgIpc) is 2.47. The van der Waals surface area contributed by atoms with Crippen molar-refractivity contribution in [1.29, 1.82) is 0 Å². The van der Waals surface area contributed by atoms with Crippen LogP contribution in [0.3, 0.4) is 0 Å².